The number of nitrogens with zero attached hydrogens (tertiary/aromatic N) is 3. The van der Waals surface area contributed by atoms with E-state index in [-0.39, 0.29) is 17.2 Å². The van der Waals surface area contributed by atoms with Gasteiger partial charge in [-0.3, -0.25) is 4.31 Å². The summed E-state index contributed by atoms with van der Waals surface area (Å²) in [6.07, 6.45) is 1.27. The van der Waals surface area contributed by atoms with E-state index in [1.807, 2.05) is 0 Å². The van der Waals surface area contributed by atoms with E-state index in [9.17, 15) is 13.2 Å². The summed E-state index contributed by atoms with van der Waals surface area (Å²) in [5, 5.41) is 13.4. The Bertz CT molecular complexity index is 965. The summed E-state index contributed by atoms with van der Waals surface area (Å²) >= 11 is 0. The average Bonchev–Trinajstić information content (AvgIpc) is 2.88. The maximum absolute atomic E-state index is 13.3. The van der Waals surface area contributed by atoms with Crippen molar-refractivity contribution in [1.29, 1.82) is 0 Å². The number of rotatable bonds is 5. The zero-order chi connectivity index (χ0) is 19.1. The lowest BCUT2D eigenvalue weighted by Crippen LogP contribution is -2.36. The largest absolute Gasteiger partial charge is 0.478 e. The standard InChI is InChI=1S/C17H21N3O5S/c1-11-16(12(2)19(18-11)10-25-3)26(23,24)20-8-4-5-13-9-14(17(21)22)6-7-15(13)20/h6-7,9H,4-5,8,10H2,1-3H3,(H,21,22). The van der Waals surface area contributed by atoms with Gasteiger partial charge in [0.2, 0.25) is 0 Å². The molecule has 0 fully saturated rings. The molecule has 26 heavy (non-hydrogen) atoms. The molecule has 1 aromatic heterocycles. The fourth-order valence-electron chi connectivity index (χ4n) is 3.36. The van der Waals surface area contributed by atoms with Crippen LogP contribution in [0.25, 0.3) is 0 Å². The number of ether oxygens (including phenoxy) is 1. The molecule has 1 N–H and O–H groups in total. The van der Waals surface area contributed by atoms with Gasteiger partial charge >= 0.3 is 5.97 Å². The van der Waals surface area contributed by atoms with Gasteiger partial charge in [-0.15, -0.1) is 0 Å². The topological polar surface area (TPSA) is 102 Å². The summed E-state index contributed by atoms with van der Waals surface area (Å²) in [5.41, 5.74) is 2.33. The maximum Gasteiger partial charge on any atom is 0.335 e. The van der Waals surface area contributed by atoms with Crippen molar-refractivity contribution in [2.24, 2.45) is 0 Å². The van der Waals surface area contributed by atoms with Crippen LogP contribution in [0.3, 0.4) is 0 Å². The van der Waals surface area contributed by atoms with Crippen LogP contribution >= 0.6 is 0 Å². The molecular weight excluding hydrogens is 358 g/mol. The number of carbonyl (C=O) groups is 1. The van der Waals surface area contributed by atoms with Crippen molar-refractivity contribution < 1.29 is 23.1 Å². The molecule has 0 amide bonds. The highest BCUT2D eigenvalue weighted by molar-refractivity contribution is 7.93. The first-order valence-electron chi connectivity index (χ1n) is 8.19. The molecule has 0 aliphatic carbocycles. The number of anilines is 1. The molecular formula is C17H21N3O5S. The monoisotopic (exact) mass is 379 g/mol. The van der Waals surface area contributed by atoms with Crippen LogP contribution in [-0.2, 0) is 27.9 Å². The Kier molecular flexibility index (Phi) is 4.76. The fourth-order valence-corrected chi connectivity index (χ4v) is 5.28. The zero-order valence-electron chi connectivity index (χ0n) is 14.9. The first-order chi connectivity index (χ1) is 12.3. The minimum Gasteiger partial charge on any atom is -0.478 e. The molecule has 1 aromatic carbocycles. The quantitative estimate of drug-likeness (QED) is 0.852. The van der Waals surface area contributed by atoms with Gasteiger partial charge in [0.25, 0.3) is 10.0 Å². The number of sulfonamides is 1. The third-order valence-corrected chi connectivity index (χ3v) is 6.58. The van der Waals surface area contributed by atoms with Gasteiger partial charge in [-0.2, -0.15) is 5.10 Å². The lowest BCUT2D eigenvalue weighted by molar-refractivity contribution is 0.0696. The fraction of sp³-hybridized carbons (Fsp3) is 0.412. The number of aromatic carboxylic acids is 1. The molecule has 0 atom stereocenters. The van der Waals surface area contributed by atoms with Gasteiger partial charge in [-0.25, -0.2) is 17.9 Å². The Morgan fingerprint density at radius 1 is 1.35 bits per heavy atom. The average molecular weight is 379 g/mol. The van der Waals surface area contributed by atoms with Gasteiger partial charge in [0.1, 0.15) is 11.6 Å². The van der Waals surface area contributed by atoms with Crippen molar-refractivity contribution in [2.45, 2.75) is 38.3 Å². The molecule has 2 heterocycles. The number of aromatic nitrogens is 2. The predicted octanol–water partition coefficient (Wildman–Crippen LogP) is 1.94. The summed E-state index contributed by atoms with van der Waals surface area (Å²) in [5.74, 6) is -1.03. The van der Waals surface area contributed by atoms with Gasteiger partial charge in [0.05, 0.1) is 22.6 Å². The Morgan fingerprint density at radius 3 is 2.73 bits per heavy atom. The lowest BCUT2D eigenvalue weighted by Gasteiger charge is -2.30. The lowest BCUT2D eigenvalue weighted by atomic mass is 10.0. The van der Waals surface area contributed by atoms with E-state index < -0.39 is 16.0 Å². The number of hydrogen-bond donors (Lipinski definition) is 1. The van der Waals surface area contributed by atoms with Crippen molar-refractivity contribution in [3.8, 4) is 0 Å². The van der Waals surface area contributed by atoms with E-state index in [0.29, 0.717) is 36.5 Å². The first kappa shape index (κ1) is 18.4. The van der Waals surface area contributed by atoms with Gasteiger partial charge in [-0.1, -0.05) is 0 Å². The highest BCUT2D eigenvalue weighted by atomic mass is 32.2. The van der Waals surface area contributed by atoms with Crippen molar-refractivity contribution >= 4 is 21.7 Å². The number of carboxylic acid groups (broad SMARTS) is 1. The van der Waals surface area contributed by atoms with Crippen LogP contribution in [-0.4, -0.2) is 42.9 Å². The Labute approximate surface area is 152 Å². The van der Waals surface area contributed by atoms with Crippen molar-refractivity contribution in [2.75, 3.05) is 18.0 Å². The van der Waals surface area contributed by atoms with E-state index in [0.717, 1.165) is 5.56 Å². The van der Waals surface area contributed by atoms with Crippen LogP contribution in [0.2, 0.25) is 0 Å². The van der Waals surface area contributed by atoms with Gasteiger partial charge in [0, 0.05) is 13.7 Å². The number of carboxylic acids is 1. The number of hydrogen-bond acceptors (Lipinski definition) is 5. The third kappa shape index (κ3) is 2.97. The zero-order valence-corrected chi connectivity index (χ0v) is 15.7. The van der Waals surface area contributed by atoms with E-state index in [4.69, 9.17) is 9.84 Å². The van der Waals surface area contributed by atoms with Crippen molar-refractivity contribution in [3.63, 3.8) is 0 Å². The van der Waals surface area contributed by atoms with Gasteiger partial charge in [0.15, 0.2) is 0 Å². The molecule has 0 saturated heterocycles. The van der Waals surface area contributed by atoms with Crippen LogP contribution in [0.1, 0.15) is 33.7 Å². The molecule has 1 aliphatic rings. The molecule has 0 radical (unpaired) electrons. The smallest absolute Gasteiger partial charge is 0.335 e. The number of aryl methyl sites for hydroxylation is 2. The second kappa shape index (κ2) is 6.73. The minimum atomic E-state index is -3.82. The molecule has 0 unspecified atom stereocenters. The molecule has 1 aliphatic heterocycles. The van der Waals surface area contributed by atoms with E-state index in [1.54, 1.807) is 26.0 Å². The second-order valence-electron chi connectivity index (χ2n) is 6.25. The minimum absolute atomic E-state index is 0.156. The normalized spacial score (nSPS) is 14.3. The summed E-state index contributed by atoms with van der Waals surface area (Å²) < 4.78 is 34.6. The number of fused-ring (bicyclic) bond motifs is 1. The molecule has 0 spiro atoms. The third-order valence-electron chi connectivity index (χ3n) is 4.52. The first-order valence-corrected chi connectivity index (χ1v) is 9.63. The highest BCUT2D eigenvalue weighted by Gasteiger charge is 2.34. The molecule has 140 valence electrons. The highest BCUT2D eigenvalue weighted by Crippen LogP contribution is 2.34. The van der Waals surface area contributed by atoms with E-state index in [1.165, 1.54) is 22.2 Å². The Hall–Kier alpha value is -2.39. The van der Waals surface area contributed by atoms with Crippen LogP contribution < -0.4 is 4.31 Å². The maximum atomic E-state index is 13.3. The Balaban J connectivity index is 2.09. The van der Waals surface area contributed by atoms with Crippen LogP contribution in [0.5, 0.6) is 0 Å². The predicted molar refractivity (Wildman–Crippen MR) is 95.0 cm³/mol. The van der Waals surface area contributed by atoms with E-state index in [2.05, 4.69) is 5.10 Å². The van der Waals surface area contributed by atoms with Crippen molar-refractivity contribution in [3.05, 3.63) is 40.7 Å². The Morgan fingerprint density at radius 2 is 2.08 bits per heavy atom. The number of benzene rings is 1. The summed E-state index contributed by atoms with van der Waals surface area (Å²) in [7, 11) is -2.30. The number of methoxy groups -OCH3 is 1. The summed E-state index contributed by atoms with van der Waals surface area (Å²) in [6.45, 7) is 3.87. The molecule has 0 bridgehead atoms. The van der Waals surface area contributed by atoms with Crippen LogP contribution in [0.4, 0.5) is 5.69 Å². The molecule has 0 saturated carbocycles. The van der Waals surface area contributed by atoms with Crippen LogP contribution in [0, 0.1) is 13.8 Å². The SMILES string of the molecule is COCn1nc(C)c(S(=O)(=O)N2CCCc3cc(C(=O)O)ccc32)c1C. The van der Waals surface area contributed by atoms with Gasteiger partial charge < -0.3 is 9.84 Å². The molecule has 3 rings (SSSR count). The molecule has 2 aromatic rings. The molecule has 9 heteroatoms. The molecule has 8 nitrogen and oxygen atoms in total. The second-order valence-corrected chi connectivity index (χ2v) is 8.05. The summed E-state index contributed by atoms with van der Waals surface area (Å²) in [6, 6.07) is 4.55. The van der Waals surface area contributed by atoms with Crippen molar-refractivity contribution in [1.82, 2.24) is 9.78 Å². The van der Waals surface area contributed by atoms with E-state index >= 15 is 0 Å². The van der Waals surface area contributed by atoms with Crippen LogP contribution in [0.15, 0.2) is 23.1 Å². The van der Waals surface area contributed by atoms with Gasteiger partial charge in [-0.05, 0) is 50.5 Å². The summed E-state index contributed by atoms with van der Waals surface area (Å²) in [4.78, 5) is 11.4.